The predicted octanol–water partition coefficient (Wildman–Crippen LogP) is 4.30. The van der Waals surface area contributed by atoms with Crippen LogP contribution < -0.4 is 5.32 Å². The van der Waals surface area contributed by atoms with E-state index in [1.165, 1.54) is 12.1 Å². The Kier molecular flexibility index (Phi) is 4.78. The number of para-hydroxylation sites is 1. The minimum atomic E-state index is -0.258. The van der Waals surface area contributed by atoms with Crippen molar-refractivity contribution >= 4 is 23.2 Å². The van der Waals surface area contributed by atoms with Crippen molar-refractivity contribution in [1.82, 2.24) is 0 Å². The van der Waals surface area contributed by atoms with Gasteiger partial charge in [-0.1, -0.05) is 30.3 Å². The average molecular weight is 315 g/mol. The van der Waals surface area contributed by atoms with E-state index in [2.05, 4.69) is 5.32 Å². The molecule has 2 unspecified atom stereocenters. The van der Waals surface area contributed by atoms with Gasteiger partial charge in [0.25, 0.3) is 0 Å². The van der Waals surface area contributed by atoms with Crippen LogP contribution >= 0.6 is 11.8 Å². The van der Waals surface area contributed by atoms with Gasteiger partial charge in [-0.25, -0.2) is 4.39 Å². The van der Waals surface area contributed by atoms with E-state index < -0.39 is 0 Å². The first-order chi connectivity index (χ1) is 10.7. The molecule has 1 fully saturated rings. The quantitative estimate of drug-likeness (QED) is 0.912. The largest absolute Gasteiger partial charge is 0.377 e. The van der Waals surface area contributed by atoms with Crippen molar-refractivity contribution in [3.05, 3.63) is 66.0 Å². The SMILES string of the molecule is O=C1CCSCC1C(Nc1ccccc1)c1ccc(F)cc1. The summed E-state index contributed by atoms with van der Waals surface area (Å²) in [7, 11) is 0. The number of carbonyl (C=O) groups is 1. The maximum atomic E-state index is 13.2. The molecule has 114 valence electrons. The van der Waals surface area contributed by atoms with Gasteiger partial charge in [-0.3, -0.25) is 4.79 Å². The molecule has 2 aromatic carbocycles. The number of rotatable bonds is 4. The van der Waals surface area contributed by atoms with E-state index in [9.17, 15) is 9.18 Å². The number of Topliss-reactive ketones (excluding diaryl/α,β-unsaturated/α-hetero) is 1. The van der Waals surface area contributed by atoms with Crippen molar-refractivity contribution in [2.45, 2.75) is 12.5 Å². The van der Waals surface area contributed by atoms with E-state index in [1.807, 2.05) is 42.1 Å². The number of thioether (sulfide) groups is 1. The fraction of sp³-hybridized carbons (Fsp3) is 0.278. The van der Waals surface area contributed by atoms with Crippen LogP contribution in [0.5, 0.6) is 0 Å². The summed E-state index contributed by atoms with van der Waals surface area (Å²) in [6, 6.07) is 16.2. The predicted molar refractivity (Wildman–Crippen MR) is 89.6 cm³/mol. The number of carbonyl (C=O) groups excluding carboxylic acids is 1. The minimum Gasteiger partial charge on any atom is -0.377 e. The molecule has 4 heteroatoms. The number of nitrogens with one attached hydrogen (secondary N) is 1. The molecule has 0 bridgehead atoms. The fourth-order valence-corrected chi connectivity index (χ4v) is 3.89. The standard InChI is InChI=1S/C18H18FNOS/c19-14-8-6-13(7-9-14)18(16-12-22-11-10-17(16)21)20-15-4-2-1-3-5-15/h1-9,16,18,20H,10-12H2. The highest BCUT2D eigenvalue weighted by Gasteiger charge is 2.31. The Hall–Kier alpha value is -1.81. The van der Waals surface area contributed by atoms with Crippen molar-refractivity contribution < 1.29 is 9.18 Å². The van der Waals surface area contributed by atoms with Gasteiger partial charge in [0, 0.05) is 23.6 Å². The van der Waals surface area contributed by atoms with Crippen LogP contribution in [0.3, 0.4) is 0 Å². The molecule has 1 saturated heterocycles. The lowest BCUT2D eigenvalue weighted by Gasteiger charge is -2.30. The van der Waals surface area contributed by atoms with Crippen LogP contribution in [0.15, 0.2) is 54.6 Å². The van der Waals surface area contributed by atoms with E-state index in [4.69, 9.17) is 0 Å². The summed E-state index contributed by atoms with van der Waals surface area (Å²) in [5.74, 6) is 1.66. The Morgan fingerprint density at radius 3 is 2.50 bits per heavy atom. The molecule has 3 rings (SSSR count). The van der Waals surface area contributed by atoms with Crippen molar-refractivity contribution in [2.75, 3.05) is 16.8 Å². The highest BCUT2D eigenvalue weighted by molar-refractivity contribution is 7.99. The van der Waals surface area contributed by atoms with Gasteiger partial charge in [0.2, 0.25) is 0 Å². The number of halogens is 1. The molecular weight excluding hydrogens is 297 g/mol. The maximum Gasteiger partial charge on any atom is 0.140 e. The molecule has 1 aliphatic heterocycles. The van der Waals surface area contributed by atoms with Crippen LogP contribution in [0.1, 0.15) is 18.0 Å². The molecule has 2 aromatic rings. The molecule has 1 heterocycles. The summed E-state index contributed by atoms with van der Waals surface area (Å²) >= 11 is 1.81. The molecule has 2 nitrogen and oxygen atoms in total. The van der Waals surface area contributed by atoms with Gasteiger partial charge in [-0.2, -0.15) is 11.8 Å². The van der Waals surface area contributed by atoms with Gasteiger partial charge < -0.3 is 5.32 Å². The van der Waals surface area contributed by atoms with Crippen LogP contribution in [0.25, 0.3) is 0 Å². The number of ketones is 1. The summed E-state index contributed by atoms with van der Waals surface area (Å²) in [6.07, 6.45) is 0.615. The molecule has 1 aliphatic rings. The monoisotopic (exact) mass is 315 g/mol. The van der Waals surface area contributed by atoms with Crippen LogP contribution in [0.2, 0.25) is 0 Å². The second-order valence-corrected chi connectivity index (χ2v) is 6.59. The number of anilines is 1. The summed E-state index contributed by atoms with van der Waals surface area (Å²) in [6.45, 7) is 0. The van der Waals surface area contributed by atoms with E-state index in [1.54, 1.807) is 12.1 Å². The number of benzene rings is 2. The zero-order valence-electron chi connectivity index (χ0n) is 12.2. The van der Waals surface area contributed by atoms with Crippen molar-refractivity contribution in [3.8, 4) is 0 Å². The Bertz CT molecular complexity index is 629. The Morgan fingerprint density at radius 2 is 1.82 bits per heavy atom. The lowest BCUT2D eigenvalue weighted by Crippen LogP contribution is -2.32. The van der Waals surface area contributed by atoms with Crippen molar-refractivity contribution in [1.29, 1.82) is 0 Å². The molecule has 0 amide bonds. The molecular formula is C18H18FNOS. The van der Waals surface area contributed by atoms with E-state index in [0.717, 1.165) is 22.8 Å². The molecule has 1 N–H and O–H groups in total. The summed E-state index contributed by atoms with van der Waals surface area (Å²) in [5, 5.41) is 3.46. The Balaban J connectivity index is 1.90. The highest BCUT2D eigenvalue weighted by atomic mass is 32.2. The third-order valence-electron chi connectivity index (χ3n) is 3.93. The molecule has 0 saturated carbocycles. The van der Waals surface area contributed by atoms with E-state index in [-0.39, 0.29) is 23.6 Å². The van der Waals surface area contributed by atoms with Crippen molar-refractivity contribution in [3.63, 3.8) is 0 Å². The Morgan fingerprint density at radius 1 is 1.09 bits per heavy atom. The maximum absolute atomic E-state index is 13.2. The van der Waals surface area contributed by atoms with Crippen molar-refractivity contribution in [2.24, 2.45) is 5.92 Å². The van der Waals surface area contributed by atoms with Gasteiger partial charge in [0.05, 0.1) is 12.0 Å². The summed E-state index contributed by atoms with van der Waals surface area (Å²) < 4.78 is 13.2. The van der Waals surface area contributed by atoms with Gasteiger partial charge in [-0.15, -0.1) is 0 Å². The third-order valence-corrected chi connectivity index (χ3v) is 5.02. The number of hydrogen-bond acceptors (Lipinski definition) is 3. The number of hydrogen-bond donors (Lipinski definition) is 1. The van der Waals surface area contributed by atoms with Gasteiger partial charge in [0.15, 0.2) is 0 Å². The molecule has 22 heavy (non-hydrogen) atoms. The summed E-state index contributed by atoms with van der Waals surface area (Å²) in [4.78, 5) is 12.3. The lowest BCUT2D eigenvalue weighted by atomic mass is 9.89. The zero-order chi connectivity index (χ0) is 15.4. The molecule has 0 spiro atoms. The van der Waals surface area contributed by atoms with Crippen LogP contribution in [0.4, 0.5) is 10.1 Å². The highest BCUT2D eigenvalue weighted by Crippen LogP contribution is 2.33. The van der Waals surface area contributed by atoms with Crippen LogP contribution in [0, 0.1) is 11.7 Å². The minimum absolute atomic E-state index is 0.0792. The normalized spacial score (nSPS) is 19.7. The topological polar surface area (TPSA) is 29.1 Å². The lowest BCUT2D eigenvalue weighted by molar-refractivity contribution is -0.122. The molecule has 2 atom stereocenters. The van der Waals surface area contributed by atoms with E-state index >= 15 is 0 Å². The van der Waals surface area contributed by atoms with Gasteiger partial charge in [0.1, 0.15) is 11.6 Å². The second kappa shape index (κ2) is 6.97. The first-order valence-corrected chi connectivity index (χ1v) is 8.57. The average Bonchev–Trinajstić information content (AvgIpc) is 2.55. The first kappa shape index (κ1) is 15.1. The first-order valence-electron chi connectivity index (χ1n) is 7.41. The molecule has 0 aliphatic carbocycles. The smallest absolute Gasteiger partial charge is 0.140 e. The Labute approximate surface area is 134 Å². The fourth-order valence-electron chi connectivity index (χ4n) is 2.74. The summed E-state index contributed by atoms with van der Waals surface area (Å²) in [5.41, 5.74) is 1.92. The molecule has 0 radical (unpaired) electrons. The van der Waals surface area contributed by atoms with Crippen LogP contribution in [-0.4, -0.2) is 17.3 Å². The van der Waals surface area contributed by atoms with Gasteiger partial charge >= 0.3 is 0 Å². The van der Waals surface area contributed by atoms with Gasteiger partial charge in [-0.05, 0) is 29.8 Å². The van der Waals surface area contributed by atoms with Crippen LogP contribution in [-0.2, 0) is 4.79 Å². The third kappa shape index (κ3) is 3.50. The second-order valence-electron chi connectivity index (χ2n) is 5.44. The zero-order valence-corrected chi connectivity index (χ0v) is 13.0. The molecule has 0 aromatic heterocycles. The van der Waals surface area contributed by atoms with E-state index in [0.29, 0.717) is 6.42 Å².